The third-order valence-electron chi connectivity index (χ3n) is 3.47. The molecule has 0 aliphatic carbocycles. The van der Waals surface area contributed by atoms with Crippen molar-refractivity contribution in [3.8, 4) is 0 Å². The lowest BCUT2D eigenvalue weighted by molar-refractivity contribution is 0.0350. The summed E-state index contributed by atoms with van der Waals surface area (Å²) in [6.07, 6.45) is 3.29. The average Bonchev–Trinajstić information content (AvgIpc) is 2.71. The van der Waals surface area contributed by atoms with E-state index >= 15 is 0 Å². The number of imidazole rings is 1. The van der Waals surface area contributed by atoms with E-state index in [9.17, 15) is 5.11 Å². The molecule has 1 N–H and O–H groups in total. The summed E-state index contributed by atoms with van der Waals surface area (Å²) in [5.74, 6) is 0.928. The zero-order chi connectivity index (χ0) is 12.8. The first kappa shape index (κ1) is 11.9. The Kier molecular flexibility index (Phi) is 2.79. The van der Waals surface area contributed by atoms with Gasteiger partial charge >= 0.3 is 0 Å². The fraction of sp³-hybridized carbons (Fsp3) is 0.500. The maximum atomic E-state index is 9.95. The van der Waals surface area contributed by atoms with E-state index in [4.69, 9.17) is 0 Å². The normalized spacial score (nSPS) is 19.4. The van der Waals surface area contributed by atoms with Crippen molar-refractivity contribution < 1.29 is 5.11 Å². The van der Waals surface area contributed by atoms with Crippen LogP contribution in [0.25, 0.3) is 5.65 Å². The minimum Gasteiger partial charge on any atom is -0.390 e. The number of anilines is 1. The highest BCUT2D eigenvalue weighted by Crippen LogP contribution is 2.25. The molecule has 5 nitrogen and oxygen atoms in total. The molecular weight excluding hydrogens is 296 g/mol. The molecule has 96 valence electrons. The summed E-state index contributed by atoms with van der Waals surface area (Å²) in [6, 6.07) is 3.94. The molecule has 3 heterocycles. The second-order valence-corrected chi connectivity index (χ2v) is 5.84. The van der Waals surface area contributed by atoms with Crippen molar-refractivity contribution in [2.45, 2.75) is 25.4 Å². The molecule has 2 aromatic rings. The Labute approximate surface area is 114 Å². The standard InChI is InChI=1S/C12H15BrN4O/c1-12(18)4-6-16(7-5-12)11-3-2-10-14-8-9(13)17(10)15-11/h2-3,8,18H,4-7H2,1H3. The van der Waals surface area contributed by atoms with Gasteiger partial charge in [0.1, 0.15) is 10.4 Å². The minimum atomic E-state index is -0.532. The van der Waals surface area contributed by atoms with Crippen molar-refractivity contribution in [2.24, 2.45) is 0 Å². The lowest BCUT2D eigenvalue weighted by atomic mass is 9.94. The predicted octanol–water partition coefficient (Wildman–Crippen LogP) is 1.84. The molecule has 0 bridgehead atoms. The third-order valence-corrected chi connectivity index (χ3v) is 4.01. The van der Waals surface area contributed by atoms with Crippen LogP contribution in [0.4, 0.5) is 5.82 Å². The molecule has 2 aromatic heterocycles. The van der Waals surface area contributed by atoms with Crippen LogP contribution in [0.3, 0.4) is 0 Å². The number of fused-ring (bicyclic) bond motifs is 1. The molecule has 1 fully saturated rings. The Bertz CT molecular complexity index is 570. The zero-order valence-corrected chi connectivity index (χ0v) is 11.8. The van der Waals surface area contributed by atoms with Crippen LogP contribution in [-0.2, 0) is 0 Å². The molecule has 0 spiro atoms. The lowest BCUT2D eigenvalue weighted by Crippen LogP contribution is -2.42. The van der Waals surface area contributed by atoms with Crippen LogP contribution in [0.2, 0.25) is 0 Å². The monoisotopic (exact) mass is 310 g/mol. The first-order chi connectivity index (χ1) is 8.55. The summed E-state index contributed by atoms with van der Waals surface area (Å²) in [5, 5.41) is 14.5. The zero-order valence-electron chi connectivity index (χ0n) is 10.2. The molecule has 3 rings (SSSR count). The number of halogens is 1. The highest BCUT2D eigenvalue weighted by molar-refractivity contribution is 9.10. The molecule has 1 aliphatic heterocycles. The Morgan fingerprint density at radius 3 is 2.78 bits per heavy atom. The van der Waals surface area contributed by atoms with E-state index in [0.717, 1.165) is 42.0 Å². The summed E-state index contributed by atoms with van der Waals surface area (Å²) in [4.78, 5) is 6.42. The largest absolute Gasteiger partial charge is 0.390 e. The van der Waals surface area contributed by atoms with Gasteiger partial charge in [0.25, 0.3) is 0 Å². The average molecular weight is 311 g/mol. The van der Waals surface area contributed by atoms with Crippen molar-refractivity contribution in [3.63, 3.8) is 0 Å². The van der Waals surface area contributed by atoms with E-state index in [1.165, 1.54) is 0 Å². The van der Waals surface area contributed by atoms with Crippen molar-refractivity contribution in [1.29, 1.82) is 0 Å². The Morgan fingerprint density at radius 1 is 1.33 bits per heavy atom. The Balaban J connectivity index is 1.88. The number of rotatable bonds is 1. The van der Waals surface area contributed by atoms with Gasteiger partial charge in [-0.25, -0.2) is 9.50 Å². The van der Waals surface area contributed by atoms with E-state index < -0.39 is 5.60 Å². The molecule has 0 amide bonds. The molecule has 0 radical (unpaired) electrons. The summed E-state index contributed by atoms with van der Waals surface area (Å²) in [6.45, 7) is 3.56. The third kappa shape index (κ3) is 2.10. The van der Waals surface area contributed by atoms with Gasteiger partial charge in [-0.05, 0) is 47.8 Å². The quantitative estimate of drug-likeness (QED) is 0.873. The number of aromatic nitrogens is 3. The fourth-order valence-corrected chi connectivity index (χ4v) is 2.59. The van der Waals surface area contributed by atoms with Gasteiger partial charge in [0, 0.05) is 13.1 Å². The number of nitrogens with zero attached hydrogens (tertiary/aromatic N) is 4. The summed E-state index contributed by atoms with van der Waals surface area (Å²) >= 11 is 3.42. The van der Waals surface area contributed by atoms with Gasteiger partial charge in [0.05, 0.1) is 11.8 Å². The SMILES string of the molecule is CC1(O)CCN(c2ccc3ncc(Br)n3n2)CC1. The second-order valence-electron chi connectivity index (χ2n) is 5.03. The highest BCUT2D eigenvalue weighted by Gasteiger charge is 2.28. The van der Waals surface area contributed by atoms with Crippen LogP contribution < -0.4 is 4.90 Å². The number of piperidine rings is 1. The Morgan fingerprint density at radius 2 is 2.06 bits per heavy atom. The summed E-state index contributed by atoms with van der Waals surface area (Å²) in [5.41, 5.74) is 0.297. The van der Waals surface area contributed by atoms with Gasteiger partial charge in [0.15, 0.2) is 5.65 Å². The van der Waals surface area contributed by atoms with E-state index in [2.05, 4.69) is 30.9 Å². The van der Waals surface area contributed by atoms with Crippen molar-refractivity contribution in [3.05, 3.63) is 22.9 Å². The Hall–Kier alpha value is -1.14. The molecule has 0 aromatic carbocycles. The molecule has 1 aliphatic rings. The second kappa shape index (κ2) is 4.20. The molecule has 1 saturated heterocycles. The van der Waals surface area contributed by atoms with Crippen LogP contribution in [-0.4, -0.2) is 38.4 Å². The fourth-order valence-electron chi connectivity index (χ4n) is 2.22. The molecular formula is C12H15BrN4O. The van der Waals surface area contributed by atoms with Crippen LogP contribution in [0.15, 0.2) is 22.9 Å². The van der Waals surface area contributed by atoms with Crippen molar-refractivity contribution in [1.82, 2.24) is 14.6 Å². The number of hydrogen-bond donors (Lipinski definition) is 1. The van der Waals surface area contributed by atoms with Crippen molar-refractivity contribution >= 4 is 27.4 Å². The molecule has 0 unspecified atom stereocenters. The maximum Gasteiger partial charge on any atom is 0.154 e. The van der Waals surface area contributed by atoms with Gasteiger partial charge in [-0.15, -0.1) is 5.10 Å². The number of aliphatic hydroxyl groups is 1. The van der Waals surface area contributed by atoms with Gasteiger partial charge < -0.3 is 10.0 Å². The van der Waals surface area contributed by atoms with Gasteiger partial charge in [-0.2, -0.15) is 0 Å². The van der Waals surface area contributed by atoms with Gasteiger partial charge in [-0.3, -0.25) is 0 Å². The lowest BCUT2D eigenvalue weighted by Gasteiger charge is -2.36. The van der Waals surface area contributed by atoms with E-state index in [1.54, 1.807) is 10.7 Å². The minimum absolute atomic E-state index is 0.532. The van der Waals surface area contributed by atoms with E-state index in [1.807, 2.05) is 19.1 Å². The molecule has 0 atom stereocenters. The summed E-state index contributed by atoms with van der Waals surface area (Å²) < 4.78 is 2.63. The maximum absolute atomic E-state index is 9.95. The summed E-state index contributed by atoms with van der Waals surface area (Å²) in [7, 11) is 0. The topological polar surface area (TPSA) is 53.7 Å². The van der Waals surface area contributed by atoms with Crippen LogP contribution in [0.1, 0.15) is 19.8 Å². The van der Waals surface area contributed by atoms with Gasteiger partial charge in [-0.1, -0.05) is 0 Å². The van der Waals surface area contributed by atoms with Crippen LogP contribution in [0, 0.1) is 0 Å². The number of hydrogen-bond acceptors (Lipinski definition) is 4. The van der Waals surface area contributed by atoms with E-state index in [0.29, 0.717) is 0 Å². The molecule has 0 saturated carbocycles. The molecule has 6 heteroatoms. The van der Waals surface area contributed by atoms with E-state index in [-0.39, 0.29) is 0 Å². The highest BCUT2D eigenvalue weighted by atomic mass is 79.9. The van der Waals surface area contributed by atoms with Gasteiger partial charge in [0.2, 0.25) is 0 Å². The van der Waals surface area contributed by atoms with Crippen LogP contribution in [0.5, 0.6) is 0 Å². The first-order valence-electron chi connectivity index (χ1n) is 6.03. The van der Waals surface area contributed by atoms with Crippen LogP contribution >= 0.6 is 15.9 Å². The van der Waals surface area contributed by atoms with Crippen molar-refractivity contribution in [2.75, 3.05) is 18.0 Å². The molecule has 18 heavy (non-hydrogen) atoms. The predicted molar refractivity (Wildman–Crippen MR) is 72.8 cm³/mol. The first-order valence-corrected chi connectivity index (χ1v) is 6.82. The smallest absolute Gasteiger partial charge is 0.154 e.